The Balaban J connectivity index is 2.11. The third-order valence-electron chi connectivity index (χ3n) is 2.79. The fraction of sp³-hybridized carbons (Fsp3) is 0.800. The smallest absolute Gasteiger partial charge is 0.271 e. The third kappa shape index (κ3) is 2.65. The molecule has 4 nitrogen and oxygen atoms in total. The maximum atomic E-state index is 11.2. The largest absolute Gasteiger partial charge is 0.332 e. The minimum atomic E-state index is 0.0982. The van der Waals surface area contributed by atoms with E-state index in [-0.39, 0.29) is 5.91 Å². The number of hydrogen-bond acceptors (Lipinski definition) is 2. The summed E-state index contributed by atoms with van der Waals surface area (Å²) in [6, 6.07) is 0. The van der Waals surface area contributed by atoms with Gasteiger partial charge in [0.05, 0.1) is 18.8 Å². The molecule has 5 heteroatoms. The summed E-state index contributed by atoms with van der Waals surface area (Å²) in [6.07, 6.45) is 5.22. The van der Waals surface area contributed by atoms with E-state index in [1.807, 2.05) is 12.1 Å². The second kappa shape index (κ2) is 4.88. The fourth-order valence-electron chi connectivity index (χ4n) is 2.06. The highest BCUT2D eigenvalue weighted by Crippen LogP contribution is 2.14. The molecule has 2 aliphatic heterocycles. The van der Waals surface area contributed by atoms with Crippen LogP contribution in [0.3, 0.4) is 0 Å². The quantitative estimate of drug-likeness (QED) is 0.618. The van der Waals surface area contributed by atoms with Crippen molar-refractivity contribution in [1.82, 2.24) is 10.4 Å². The van der Waals surface area contributed by atoms with Gasteiger partial charge in [0.2, 0.25) is 0 Å². The number of carbonyl (C=O) groups is 1. The zero-order valence-corrected chi connectivity index (χ0v) is 9.98. The van der Waals surface area contributed by atoms with Gasteiger partial charge in [-0.15, -0.1) is 0 Å². The molecule has 0 aromatic heterocycles. The summed E-state index contributed by atoms with van der Waals surface area (Å²) in [5.41, 5.74) is 2.84. The first-order chi connectivity index (χ1) is 7.27. The molecule has 2 aliphatic rings. The van der Waals surface area contributed by atoms with Crippen LogP contribution in [0.2, 0.25) is 0 Å². The highest BCUT2D eigenvalue weighted by atomic mass is 32.2. The van der Waals surface area contributed by atoms with Gasteiger partial charge in [-0.25, -0.2) is 0 Å². The van der Waals surface area contributed by atoms with E-state index < -0.39 is 0 Å². The molecule has 0 spiro atoms. The van der Waals surface area contributed by atoms with E-state index in [1.165, 1.54) is 30.9 Å². The van der Waals surface area contributed by atoms with Crippen LogP contribution < -0.4 is 5.43 Å². The molecule has 2 fully saturated rings. The van der Waals surface area contributed by atoms with E-state index in [2.05, 4.69) is 10.0 Å². The predicted octanol–water partition coefficient (Wildman–Crippen LogP) is 0.639. The molecule has 0 bridgehead atoms. The molecule has 2 rings (SSSR count). The molecule has 0 atom stereocenters. The predicted molar refractivity (Wildman–Crippen MR) is 61.8 cm³/mol. The van der Waals surface area contributed by atoms with Crippen LogP contribution in [0.25, 0.3) is 0 Å². The van der Waals surface area contributed by atoms with E-state index in [0.29, 0.717) is 5.75 Å². The zero-order valence-electron chi connectivity index (χ0n) is 9.16. The van der Waals surface area contributed by atoms with Crippen molar-refractivity contribution in [3.63, 3.8) is 0 Å². The van der Waals surface area contributed by atoms with Gasteiger partial charge in [0.1, 0.15) is 7.05 Å². The van der Waals surface area contributed by atoms with Crippen molar-refractivity contribution in [2.45, 2.75) is 25.7 Å². The van der Waals surface area contributed by atoms with Crippen molar-refractivity contribution in [1.29, 1.82) is 0 Å². The average molecular weight is 228 g/mol. The Morgan fingerprint density at radius 1 is 1.27 bits per heavy atom. The van der Waals surface area contributed by atoms with Crippen molar-refractivity contribution in [2.24, 2.45) is 0 Å². The minimum absolute atomic E-state index is 0.0982. The van der Waals surface area contributed by atoms with Gasteiger partial charge in [-0.05, 0) is 37.4 Å². The number of rotatable bonds is 0. The lowest BCUT2D eigenvalue weighted by atomic mass is 10.2. The zero-order chi connectivity index (χ0) is 10.7. The Morgan fingerprint density at radius 2 is 1.93 bits per heavy atom. The van der Waals surface area contributed by atoms with E-state index in [4.69, 9.17) is 0 Å². The first kappa shape index (κ1) is 10.8. The van der Waals surface area contributed by atoms with Crippen LogP contribution in [0.5, 0.6) is 0 Å². The Kier molecular flexibility index (Phi) is 3.51. The van der Waals surface area contributed by atoms with Crippen LogP contribution in [0.1, 0.15) is 25.7 Å². The first-order valence-corrected chi connectivity index (χ1v) is 6.54. The summed E-state index contributed by atoms with van der Waals surface area (Å²) < 4.78 is 2.40. The summed E-state index contributed by atoms with van der Waals surface area (Å²) in [4.78, 5) is 11.2. The van der Waals surface area contributed by atoms with Gasteiger partial charge in [0.15, 0.2) is 0 Å². The van der Waals surface area contributed by atoms with Crippen LogP contribution in [0, 0.1) is 0 Å². The lowest BCUT2D eigenvalue weighted by Gasteiger charge is -2.21. The summed E-state index contributed by atoms with van der Waals surface area (Å²) in [5, 5.41) is 3.07. The second-order valence-electron chi connectivity index (χ2n) is 4.07. The molecule has 2 saturated heterocycles. The molecule has 0 aliphatic carbocycles. The van der Waals surface area contributed by atoms with Crippen molar-refractivity contribution >= 4 is 22.8 Å². The number of amides is 1. The molecule has 0 radical (unpaired) electrons. The van der Waals surface area contributed by atoms with Gasteiger partial charge in [0, 0.05) is 0 Å². The average Bonchev–Trinajstić information content (AvgIpc) is 2.46. The highest BCUT2D eigenvalue weighted by Gasteiger charge is 2.28. The van der Waals surface area contributed by atoms with Gasteiger partial charge in [-0.2, -0.15) is 10.4 Å². The van der Waals surface area contributed by atoms with Gasteiger partial charge in [-0.3, -0.25) is 9.37 Å². The van der Waals surface area contributed by atoms with Crippen molar-refractivity contribution in [3.05, 3.63) is 0 Å². The number of thioether (sulfide) groups is 1. The summed E-state index contributed by atoms with van der Waals surface area (Å²) in [6.45, 7) is 2.26. The molecular weight excluding hydrogens is 210 g/mol. The lowest BCUT2D eigenvalue weighted by molar-refractivity contribution is -0.528. The summed E-state index contributed by atoms with van der Waals surface area (Å²) in [5.74, 6) is 0.650. The Hall–Kier alpha value is -0.710. The number of carbonyl (C=O) groups excluding carboxylic acids is 1. The normalized spacial score (nSPS) is 23.8. The van der Waals surface area contributed by atoms with Gasteiger partial charge in [0.25, 0.3) is 5.91 Å². The molecular formula is C10H18N3OS+. The first-order valence-electron chi connectivity index (χ1n) is 5.55. The van der Waals surface area contributed by atoms with Gasteiger partial charge in [-0.1, -0.05) is 0 Å². The van der Waals surface area contributed by atoms with Crippen LogP contribution >= 0.6 is 11.8 Å². The summed E-state index contributed by atoms with van der Waals surface area (Å²) >= 11 is 1.65. The lowest BCUT2D eigenvalue weighted by Crippen LogP contribution is -2.50. The molecule has 0 unspecified atom stereocenters. The monoisotopic (exact) mass is 228 g/mol. The number of hydrazine groups is 1. The third-order valence-corrected chi connectivity index (χ3v) is 3.99. The van der Waals surface area contributed by atoms with Gasteiger partial charge >= 0.3 is 5.17 Å². The standard InChI is InChI=1S/C10H17N3OS/c1-12-10(15-8-9(14)11-12)13-6-4-2-3-5-7-13/h2-8H2,1H3/p+1. The maximum Gasteiger partial charge on any atom is 0.332 e. The molecule has 2 heterocycles. The van der Waals surface area contributed by atoms with Crippen LogP contribution in [-0.4, -0.2) is 46.5 Å². The topological polar surface area (TPSA) is 35.4 Å². The Bertz CT molecular complexity index is 280. The van der Waals surface area contributed by atoms with E-state index >= 15 is 0 Å². The van der Waals surface area contributed by atoms with E-state index in [9.17, 15) is 4.79 Å². The fourth-order valence-corrected chi connectivity index (χ4v) is 2.99. The number of nitrogens with one attached hydrogen (secondary N) is 1. The maximum absolute atomic E-state index is 11.2. The van der Waals surface area contributed by atoms with Crippen LogP contribution in [-0.2, 0) is 4.79 Å². The SMILES string of the molecule is CN1NC(=O)CSC1=[N+]1CCCCCC1. The van der Waals surface area contributed by atoms with Crippen LogP contribution in [0.15, 0.2) is 0 Å². The Labute approximate surface area is 94.7 Å². The molecule has 1 amide bonds. The highest BCUT2D eigenvalue weighted by molar-refractivity contribution is 8.14. The molecule has 1 N–H and O–H groups in total. The molecule has 84 valence electrons. The number of amidine groups is 1. The number of nitrogens with zero attached hydrogens (tertiary/aromatic N) is 2. The number of hydrogen-bond donors (Lipinski definition) is 1. The minimum Gasteiger partial charge on any atom is -0.271 e. The second-order valence-corrected chi connectivity index (χ2v) is 5.01. The molecule has 0 aromatic rings. The molecule has 0 saturated carbocycles. The van der Waals surface area contributed by atoms with Crippen LogP contribution in [0.4, 0.5) is 0 Å². The van der Waals surface area contributed by atoms with E-state index in [0.717, 1.165) is 13.1 Å². The van der Waals surface area contributed by atoms with E-state index in [1.54, 1.807) is 11.8 Å². The van der Waals surface area contributed by atoms with Crippen molar-refractivity contribution in [3.8, 4) is 0 Å². The summed E-state index contributed by atoms with van der Waals surface area (Å²) in [7, 11) is 1.92. The van der Waals surface area contributed by atoms with Crippen molar-refractivity contribution < 1.29 is 9.37 Å². The van der Waals surface area contributed by atoms with Crippen molar-refractivity contribution in [2.75, 3.05) is 25.9 Å². The van der Waals surface area contributed by atoms with Gasteiger partial charge < -0.3 is 0 Å². The Morgan fingerprint density at radius 3 is 2.53 bits per heavy atom. The molecule has 15 heavy (non-hydrogen) atoms. The molecule has 0 aromatic carbocycles.